The number of rotatable bonds is 6. The van der Waals surface area contributed by atoms with Crippen LogP contribution in [0.25, 0.3) is 0 Å². The Kier molecular flexibility index (Phi) is 5.51. The van der Waals surface area contributed by atoms with E-state index in [1.54, 1.807) is 12.1 Å². The molecule has 1 unspecified atom stereocenters. The summed E-state index contributed by atoms with van der Waals surface area (Å²) in [6.07, 6.45) is 6.60. The molecule has 0 fully saturated rings. The van der Waals surface area contributed by atoms with Crippen LogP contribution in [0.5, 0.6) is 5.75 Å². The van der Waals surface area contributed by atoms with Gasteiger partial charge in [0.05, 0.1) is 7.11 Å². The fourth-order valence-corrected chi connectivity index (χ4v) is 1.76. The number of halogens is 1. The zero-order chi connectivity index (χ0) is 12.7. The SMILES string of the molecule is C#CCCC(NCC)c1ccc(OC)cc1F. The summed E-state index contributed by atoms with van der Waals surface area (Å²) < 4.78 is 18.8. The van der Waals surface area contributed by atoms with Crippen molar-refractivity contribution in [2.45, 2.75) is 25.8 Å². The molecule has 1 atom stereocenters. The van der Waals surface area contributed by atoms with Gasteiger partial charge in [-0.2, -0.15) is 0 Å². The van der Waals surface area contributed by atoms with Crippen molar-refractivity contribution in [2.75, 3.05) is 13.7 Å². The van der Waals surface area contributed by atoms with E-state index >= 15 is 0 Å². The summed E-state index contributed by atoms with van der Waals surface area (Å²) in [6.45, 7) is 2.77. The molecule has 1 N–H and O–H groups in total. The highest BCUT2D eigenvalue weighted by Crippen LogP contribution is 2.24. The highest BCUT2D eigenvalue weighted by molar-refractivity contribution is 5.31. The van der Waals surface area contributed by atoms with Crippen LogP contribution < -0.4 is 10.1 Å². The minimum absolute atomic E-state index is 0.0399. The zero-order valence-electron chi connectivity index (χ0n) is 10.3. The molecular weight excluding hydrogens is 217 g/mol. The third-order valence-corrected chi connectivity index (χ3v) is 2.61. The molecule has 1 aromatic carbocycles. The van der Waals surface area contributed by atoms with E-state index in [9.17, 15) is 4.39 Å². The highest BCUT2D eigenvalue weighted by Gasteiger charge is 2.14. The molecule has 0 aliphatic carbocycles. The summed E-state index contributed by atoms with van der Waals surface area (Å²) in [5.74, 6) is 2.85. The molecule has 17 heavy (non-hydrogen) atoms. The smallest absolute Gasteiger partial charge is 0.131 e. The molecule has 0 amide bonds. The fraction of sp³-hybridized carbons (Fsp3) is 0.429. The Morgan fingerprint density at radius 2 is 2.29 bits per heavy atom. The van der Waals surface area contributed by atoms with Gasteiger partial charge in [0, 0.05) is 24.1 Å². The highest BCUT2D eigenvalue weighted by atomic mass is 19.1. The Morgan fingerprint density at radius 1 is 1.53 bits per heavy atom. The lowest BCUT2D eigenvalue weighted by Gasteiger charge is -2.18. The van der Waals surface area contributed by atoms with E-state index in [0.717, 1.165) is 13.0 Å². The maximum Gasteiger partial charge on any atom is 0.131 e. The predicted octanol–water partition coefficient (Wildman–Crippen LogP) is 2.90. The van der Waals surface area contributed by atoms with Gasteiger partial charge in [0.1, 0.15) is 11.6 Å². The summed E-state index contributed by atoms with van der Waals surface area (Å²) in [5.41, 5.74) is 0.642. The lowest BCUT2D eigenvalue weighted by atomic mass is 10.0. The number of methoxy groups -OCH3 is 1. The molecule has 0 saturated heterocycles. The maximum absolute atomic E-state index is 13.9. The van der Waals surface area contributed by atoms with Crippen molar-refractivity contribution in [1.82, 2.24) is 5.32 Å². The van der Waals surface area contributed by atoms with Crippen LogP contribution in [0.4, 0.5) is 4.39 Å². The summed E-state index contributed by atoms with van der Waals surface area (Å²) in [7, 11) is 1.52. The van der Waals surface area contributed by atoms with Crippen molar-refractivity contribution in [3.05, 3.63) is 29.6 Å². The van der Waals surface area contributed by atoms with Gasteiger partial charge in [0.15, 0.2) is 0 Å². The number of hydrogen-bond donors (Lipinski definition) is 1. The zero-order valence-corrected chi connectivity index (χ0v) is 10.3. The Balaban J connectivity index is 2.89. The second-order valence-electron chi connectivity index (χ2n) is 3.74. The van der Waals surface area contributed by atoms with Crippen LogP contribution in [0.2, 0.25) is 0 Å². The molecule has 1 rings (SSSR count). The van der Waals surface area contributed by atoms with Gasteiger partial charge in [0.2, 0.25) is 0 Å². The van der Waals surface area contributed by atoms with E-state index in [-0.39, 0.29) is 11.9 Å². The third-order valence-electron chi connectivity index (χ3n) is 2.61. The molecule has 0 saturated carbocycles. The van der Waals surface area contributed by atoms with Crippen LogP contribution in [-0.2, 0) is 0 Å². The quantitative estimate of drug-likeness (QED) is 0.765. The van der Waals surface area contributed by atoms with Gasteiger partial charge >= 0.3 is 0 Å². The predicted molar refractivity (Wildman–Crippen MR) is 67.4 cm³/mol. The van der Waals surface area contributed by atoms with Crippen molar-refractivity contribution in [1.29, 1.82) is 0 Å². The van der Waals surface area contributed by atoms with Crippen molar-refractivity contribution < 1.29 is 9.13 Å². The molecule has 0 aliphatic rings. The molecule has 0 bridgehead atoms. The Morgan fingerprint density at radius 3 is 2.82 bits per heavy atom. The van der Waals surface area contributed by atoms with Gasteiger partial charge < -0.3 is 10.1 Å². The van der Waals surface area contributed by atoms with Crippen LogP contribution in [0, 0.1) is 18.2 Å². The van der Waals surface area contributed by atoms with E-state index in [0.29, 0.717) is 17.7 Å². The first-order chi connectivity index (χ1) is 8.22. The minimum Gasteiger partial charge on any atom is -0.497 e. The number of ether oxygens (including phenoxy) is 1. The molecule has 0 spiro atoms. The first-order valence-electron chi connectivity index (χ1n) is 5.73. The number of hydrogen-bond acceptors (Lipinski definition) is 2. The van der Waals surface area contributed by atoms with Crippen LogP contribution in [0.3, 0.4) is 0 Å². The number of nitrogens with one attached hydrogen (secondary N) is 1. The normalized spacial score (nSPS) is 11.9. The van der Waals surface area contributed by atoms with Crippen molar-refractivity contribution in [2.24, 2.45) is 0 Å². The van der Waals surface area contributed by atoms with E-state index in [1.807, 2.05) is 6.92 Å². The van der Waals surface area contributed by atoms with E-state index < -0.39 is 0 Å². The van der Waals surface area contributed by atoms with Gasteiger partial charge in [-0.25, -0.2) is 4.39 Å². The van der Waals surface area contributed by atoms with Crippen LogP contribution in [0.15, 0.2) is 18.2 Å². The Hall–Kier alpha value is -1.53. The van der Waals surface area contributed by atoms with Crippen molar-refractivity contribution in [3.63, 3.8) is 0 Å². The fourth-order valence-electron chi connectivity index (χ4n) is 1.76. The maximum atomic E-state index is 13.9. The monoisotopic (exact) mass is 235 g/mol. The van der Waals surface area contributed by atoms with Gasteiger partial charge in [-0.3, -0.25) is 0 Å². The molecule has 0 aliphatic heterocycles. The van der Waals surface area contributed by atoms with Gasteiger partial charge in [-0.15, -0.1) is 12.3 Å². The first kappa shape index (κ1) is 13.5. The lowest BCUT2D eigenvalue weighted by molar-refractivity contribution is 0.408. The molecule has 1 aromatic rings. The lowest BCUT2D eigenvalue weighted by Crippen LogP contribution is -2.21. The first-order valence-corrected chi connectivity index (χ1v) is 5.73. The average molecular weight is 235 g/mol. The van der Waals surface area contributed by atoms with Crippen molar-refractivity contribution in [3.8, 4) is 18.1 Å². The molecule has 3 heteroatoms. The molecular formula is C14H18FNO. The third kappa shape index (κ3) is 3.76. The largest absolute Gasteiger partial charge is 0.497 e. The Labute approximate surface area is 102 Å². The number of benzene rings is 1. The van der Waals surface area contributed by atoms with Crippen molar-refractivity contribution >= 4 is 0 Å². The molecule has 2 nitrogen and oxygen atoms in total. The van der Waals surface area contributed by atoms with Gasteiger partial charge in [-0.1, -0.05) is 13.0 Å². The summed E-state index contributed by atoms with van der Waals surface area (Å²) >= 11 is 0. The Bertz CT molecular complexity index is 398. The van der Waals surface area contributed by atoms with Gasteiger partial charge in [-0.05, 0) is 19.0 Å². The van der Waals surface area contributed by atoms with E-state index in [2.05, 4.69) is 11.2 Å². The minimum atomic E-state index is -0.257. The molecule has 92 valence electrons. The molecule has 0 aromatic heterocycles. The van der Waals surface area contributed by atoms with Crippen LogP contribution >= 0.6 is 0 Å². The summed E-state index contributed by atoms with van der Waals surface area (Å²) in [6, 6.07) is 4.87. The second-order valence-corrected chi connectivity index (χ2v) is 3.74. The van der Waals surface area contributed by atoms with E-state index in [4.69, 9.17) is 11.2 Å². The number of terminal acetylenes is 1. The van der Waals surface area contributed by atoms with Crippen LogP contribution in [-0.4, -0.2) is 13.7 Å². The van der Waals surface area contributed by atoms with Gasteiger partial charge in [0.25, 0.3) is 0 Å². The average Bonchev–Trinajstić information content (AvgIpc) is 2.34. The van der Waals surface area contributed by atoms with E-state index in [1.165, 1.54) is 13.2 Å². The topological polar surface area (TPSA) is 21.3 Å². The molecule has 0 heterocycles. The van der Waals surface area contributed by atoms with Crippen LogP contribution in [0.1, 0.15) is 31.4 Å². The standard InChI is InChI=1S/C14H18FNO/c1-4-6-7-14(16-5-2)12-9-8-11(17-3)10-13(12)15/h1,8-10,14,16H,5-7H2,2-3H3. The summed E-state index contributed by atoms with van der Waals surface area (Å²) in [5, 5.41) is 3.24. The second kappa shape index (κ2) is 6.93. The molecule has 0 radical (unpaired) electrons. The summed E-state index contributed by atoms with van der Waals surface area (Å²) in [4.78, 5) is 0.